The van der Waals surface area contributed by atoms with Crippen LogP contribution in [-0.2, 0) is 6.61 Å². The van der Waals surface area contributed by atoms with Crippen molar-refractivity contribution in [2.75, 3.05) is 0 Å². The Labute approximate surface area is 96.7 Å². The Balaban J connectivity index is 1.98. The number of thiazole rings is 1. The van der Waals surface area contributed by atoms with Crippen LogP contribution in [0.5, 0.6) is 5.75 Å². The number of benzene rings is 1. The third-order valence-corrected chi connectivity index (χ3v) is 2.64. The van der Waals surface area contributed by atoms with E-state index < -0.39 is 5.91 Å². The monoisotopic (exact) mass is 234 g/mol. The highest BCUT2D eigenvalue weighted by Crippen LogP contribution is 2.13. The lowest BCUT2D eigenvalue weighted by atomic mass is 10.2. The first kappa shape index (κ1) is 10.6. The second-order valence-electron chi connectivity index (χ2n) is 3.16. The van der Waals surface area contributed by atoms with Crippen LogP contribution in [0.3, 0.4) is 0 Å². The van der Waals surface area contributed by atoms with Gasteiger partial charge in [-0.25, -0.2) is 4.98 Å². The lowest BCUT2D eigenvalue weighted by Crippen LogP contribution is -2.10. The van der Waals surface area contributed by atoms with Crippen LogP contribution in [0.15, 0.2) is 35.2 Å². The van der Waals surface area contributed by atoms with Crippen LogP contribution in [-0.4, -0.2) is 10.9 Å². The Hall–Kier alpha value is -1.88. The lowest BCUT2D eigenvalue weighted by Gasteiger charge is -2.04. The molecule has 1 amide bonds. The molecule has 2 rings (SSSR count). The molecule has 1 heterocycles. The second kappa shape index (κ2) is 4.76. The van der Waals surface area contributed by atoms with Crippen molar-refractivity contribution < 1.29 is 9.53 Å². The van der Waals surface area contributed by atoms with Crippen LogP contribution in [0.4, 0.5) is 0 Å². The molecule has 0 radical (unpaired) electrons. The van der Waals surface area contributed by atoms with Gasteiger partial charge in [-0.3, -0.25) is 4.79 Å². The predicted octanol–water partition coefficient (Wildman–Crippen LogP) is 1.82. The summed E-state index contributed by atoms with van der Waals surface area (Å²) in [6.45, 7) is 0.430. The summed E-state index contributed by atoms with van der Waals surface area (Å²) in [5, 5.41) is 1.93. The van der Waals surface area contributed by atoms with E-state index >= 15 is 0 Å². The van der Waals surface area contributed by atoms with Crippen molar-refractivity contribution >= 4 is 17.2 Å². The van der Waals surface area contributed by atoms with E-state index in [1.165, 1.54) is 11.3 Å². The van der Waals surface area contributed by atoms with E-state index in [1.54, 1.807) is 29.8 Å². The topological polar surface area (TPSA) is 65.2 Å². The first-order chi connectivity index (χ1) is 7.75. The number of amides is 1. The van der Waals surface area contributed by atoms with Gasteiger partial charge in [-0.2, -0.15) is 0 Å². The molecule has 0 aliphatic heterocycles. The van der Waals surface area contributed by atoms with Crippen LogP contribution in [0, 0.1) is 0 Å². The van der Waals surface area contributed by atoms with Gasteiger partial charge in [0.2, 0.25) is 5.91 Å². The third-order valence-electron chi connectivity index (χ3n) is 2.01. The molecule has 4 nitrogen and oxygen atoms in total. The normalized spacial score (nSPS) is 10.0. The van der Waals surface area contributed by atoms with Gasteiger partial charge in [-0.15, -0.1) is 11.3 Å². The highest BCUT2D eigenvalue weighted by molar-refractivity contribution is 7.07. The van der Waals surface area contributed by atoms with E-state index in [0.717, 1.165) is 5.69 Å². The van der Waals surface area contributed by atoms with Gasteiger partial charge in [0.1, 0.15) is 12.4 Å². The fourth-order valence-electron chi connectivity index (χ4n) is 1.18. The van der Waals surface area contributed by atoms with E-state index in [1.807, 2.05) is 5.38 Å². The molecule has 16 heavy (non-hydrogen) atoms. The standard InChI is InChI=1S/C11H10N2O2S/c12-11(14)8-1-3-10(4-2-8)15-5-9-6-16-7-13-9/h1-4,6-7H,5H2,(H2,12,14). The van der Waals surface area contributed by atoms with Crippen molar-refractivity contribution in [3.05, 3.63) is 46.4 Å². The van der Waals surface area contributed by atoms with E-state index in [4.69, 9.17) is 10.5 Å². The molecule has 0 fully saturated rings. The Morgan fingerprint density at radius 3 is 2.69 bits per heavy atom. The molecular weight excluding hydrogens is 224 g/mol. The maximum absolute atomic E-state index is 10.8. The number of ether oxygens (including phenoxy) is 1. The molecule has 0 bridgehead atoms. The van der Waals surface area contributed by atoms with Gasteiger partial charge in [0, 0.05) is 10.9 Å². The number of primary amides is 1. The molecule has 1 aromatic carbocycles. The second-order valence-corrected chi connectivity index (χ2v) is 3.88. The van der Waals surface area contributed by atoms with Gasteiger partial charge in [-0.05, 0) is 24.3 Å². The summed E-state index contributed by atoms with van der Waals surface area (Å²) in [5.74, 6) is 0.254. The van der Waals surface area contributed by atoms with Crippen LogP contribution in [0.2, 0.25) is 0 Å². The van der Waals surface area contributed by atoms with Crippen LogP contribution >= 0.6 is 11.3 Å². The smallest absolute Gasteiger partial charge is 0.248 e. The summed E-state index contributed by atoms with van der Waals surface area (Å²) < 4.78 is 5.48. The SMILES string of the molecule is NC(=O)c1ccc(OCc2cscn2)cc1. The number of hydrogen-bond acceptors (Lipinski definition) is 4. The highest BCUT2D eigenvalue weighted by Gasteiger charge is 2.01. The number of rotatable bonds is 4. The molecule has 2 N–H and O–H groups in total. The van der Waals surface area contributed by atoms with E-state index in [0.29, 0.717) is 17.9 Å². The van der Waals surface area contributed by atoms with Gasteiger partial charge in [0.25, 0.3) is 0 Å². The summed E-state index contributed by atoms with van der Waals surface area (Å²) in [6.07, 6.45) is 0. The summed E-state index contributed by atoms with van der Waals surface area (Å²) in [5.41, 5.74) is 8.25. The number of nitrogens with zero attached hydrogens (tertiary/aromatic N) is 1. The van der Waals surface area contributed by atoms with Crippen molar-refractivity contribution in [1.29, 1.82) is 0 Å². The zero-order valence-corrected chi connectivity index (χ0v) is 9.24. The quantitative estimate of drug-likeness (QED) is 0.877. The molecule has 1 aromatic heterocycles. The van der Waals surface area contributed by atoms with Crippen LogP contribution in [0.1, 0.15) is 16.1 Å². The summed E-state index contributed by atoms with van der Waals surface area (Å²) in [6, 6.07) is 6.70. The Kier molecular flexibility index (Phi) is 3.16. The molecule has 0 saturated heterocycles. The molecule has 82 valence electrons. The van der Waals surface area contributed by atoms with Crippen LogP contribution < -0.4 is 10.5 Å². The first-order valence-corrected chi connectivity index (χ1v) is 5.60. The van der Waals surface area contributed by atoms with Crippen molar-refractivity contribution in [3.63, 3.8) is 0 Å². The largest absolute Gasteiger partial charge is 0.487 e. The van der Waals surface area contributed by atoms with Gasteiger partial charge < -0.3 is 10.5 Å². The molecule has 0 aliphatic carbocycles. The molecule has 0 atom stereocenters. The Bertz CT molecular complexity index is 465. The Morgan fingerprint density at radius 2 is 2.12 bits per heavy atom. The van der Waals surface area contributed by atoms with Crippen molar-refractivity contribution in [3.8, 4) is 5.75 Å². The van der Waals surface area contributed by atoms with E-state index in [2.05, 4.69) is 4.98 Å². The maximum atomic E-state index is 10.8. The average Bonchev–Trinajstić information content (AvgIpc) is 2.80. The zero-order chi connectivity index (χ0) is 11.4. The third kappa shape index (κ3) is 2.58. The molecule has 0 aliphatic rings. The summed E-state index contributed by atoms with van der Waals surface area (Å²) in [4.78, 5) is 14.9. The summed E-state index contributed by atoms with van der Waals surface area (Å²) >= 11 is 1.53. The molecule has 2 aromatic rings. The molecule has 0 unspecified atom stereocenters. The molecule has 5 heteroatoms. The minimum atomic E-state index is -0.439. The number of aromatic nitrogens is 1. The fraction of sp³-hybridized carbons (Fsp3) is 0.0909. The zero-order valence-electron chi connectivity index (χ0n) is 8.42. The number of carbonyl (C=O) groups is 1. The highest BCUT2D eigenvalue weighted by atomic mass is 32.1. The minimum Gasteiger partial charge on any atom is -0.487 e. The number of carbonyl (C=O) groups excluding carboxylic acids is 1. The van der Waals surface area contributed by atoms with Gasteiger partial charge in [0.05, 0.1) is 11.2 Å². The van der Waals surface area contributed by atoms with E-state index in [-0.39, 0.29) is 0 Å². The van der Waals surface area contributed by atoms with Gasteiger partial charge >= 0.3 is 0 Å². The Morgan fingerprint density at radius 1 is 1.38 bits per heavy atom. The average molecular weight is 234 g/mol. The predicted molar refractivity (Wildman–Crippen MR) is 61.4 cm³/mol. The molecule has 0 saturated carbocycles. The molecule has 0 spiro atoms. The number of hydrogen-bond donors (Lipinski definition) is 1. The maximum Gasteiger partial charge on any atom is 0.248 e. The van der Waals surface area contributed by atoms with Crippen molar-refractivity contribution in [2.45, 2.75) is 6.61 Å². The van der Waals surface area contributed by atoms with Gasteiger partial charge in [-0.1, -0.05) is 0 Å². The fourth-order valence-corrected chi connectivity index (χ4v) is 1.72. The van der Waals surface area contributed by atoms with Crippen LogP contribution in [0.25, 0.3) is 0 Å². The molecular formula is C11H10N2O2S. The van der Waals surface area contributed by atoms with Gasteiger partial charge in [0.15, 0.2) is 0 Å². The van der Waals surface area contributed by atoms with E-state index in [9.17, 15) is 4.79 Å². The number of nitrogens with two attached hydrogens (primary N) is 1. The van der Waals surface area contributed by atoms with Crippen molar-refractivity contribution in [2.24, 2.45) is 5.73 Å². The lowest BCUT2D eigenvalue weighted by molar-refractivity contribution is 0.100. The van der Waals surface area contributed by atoms with Crippen molar-refractivity contribution in [1.82, 2.24) is 4.98 Å². The summed E-state index contributed by atoms with van der Waals surface area (Å²) in [7, 11) is 0. The first-order valence-electron chi connectivity index (χ1n) is 4.65. The minimum absolute atomic E-state index is 0.430.